The molecule has 0 amide bonds. The van der Waals surface area contributed by atoms with Crippen LogP contribution in [-0.4, -0.2) is 73.3 Å². The Kier molecular flexibility index (Phi) is 8.85. The van der Waals surface area contributed by atoms with Crippen molar-refractivity contribution in [2.24, 2.45) is 0 Å². The van der Waals surface area contributed by atoms with Crippen LogP contribution in [0, 0.1) is 0 Å². The van der Waals surface area contributed by atoms with E-state index in [0.717, 1.165) is 41.1 Å². The molecule has 1 fully saturated rings. The van der Waals surface area contributed by atoms with Gasteiger partial charge in [-0.1, -0.05) is 17.9 Å². The number of halogens is 4. The summed E-state index contributed by atoms with van der Waals surface area (Å²) in [4.78, 5) is 17.1. The van der Waals surface area contributed by atoms with Crippen molar-refractivity contribution >= 4 is 54.3 Å². The third kappa shape index (κ3) is 6.47. The van der Waals surface area contributed by atoms with E-state index in [2.05, 4.69) is 31.2 Å². The molecule has 198 valence electrons. The van der Waals surface area contributed by atoms with Gasteiger partial charge in [-0.2, -0.15) is 19.3 Å². The van der Waals surface area contributed by atoms with Gasteiger partial charge in [0.05, 0.1) is 4.91 Å². The lowest BCUT2D eigenvalue weighted by molar-refractivity contribution is -0.303. The molecule has 1 saturated heterocycles. The van der Waals surface area contributed by atoms with Crippen LogP contribution >= 0.6 is 22.9 Å². The summed E-state index contributed by atoms with van der Waals surface area (Å²) in [7, 11) is -3.90. The summed E-state index contributed by atoms with van der Waals surface area (Å²) in [5.74, 6) is -0.0201. The van der Waals surface area contributed by atoms with E-state index < -0.39 is 22.1 Å². The van der Waals surface area contributed by atoms with E-state index in [4.69, 9.17) is 11.6 Å². The maximum atomic E-state index is 13.0. The summed E-state index contributed by atoms with van der Waals surface area (Å²) in [6.45, 7) is 11.1. The second-order valence-electron chi connectivity index (χ2n) is 7.63. The van der Waals surface area contributed by atoms with Crippen LogP contribution in [0.1, 0.15) is 20.8 Å². The summed E-state index contributed by atoms with van der Waals surface area (Å²) in [6.07, 6.45) is -2.08. The largest absolute Gasteiger partial charge is 0.573 e. The fourth-order valence-corrected chi connectivity index (χ4v) is 6.13. The smallest absolute Gasteiger partial charge is 0.406 e. The number of rotatable bonds is 9. The molecule has 3 heterocycles. The number of thiazole rings is 1. The molecule has 0 saturated carbocycles. The summed E-state index contributed by atoms with van der Waals surface area (Å²) >= 11 is 7.60. The molecule has 0 unspecified atom stereocenters. The van der Waals surface area contributed by atoms with Crippen LogP contribution in [0.2, 0.25) is 5.28 Å². The number of allylic oxidation sites excluding steroid dienone is 4. The van der Waals surface area contributed by atoms with E-state index in [1.54, 1.807) is 0 Å². The monoisotopic (exact) mass is 566 g/mol. The first-order valence-electron chi connectivity index (χ1n) is 11.0. The highest BCUT2D eigenvalue weighted by Crippen LogP contribution is 2.35. The van der Waals surface area contributed by atoms with Crippen molar-refractivity contribution in [3.63, 3.8) is 0 Å². The van der Waals surface area contributed by atoms with Crippen LogP contribution < -0.4 is 9.80 Å². The minimum absolute atomic E-state index is 0.0496. The zero-order valence-corrected chi connectivity index (χ0v) is 22.3. The molecule has 3 rings (SSSR count). The van der Waals surface area contributed by atoms with E-state index >= 15 is 0 Å². The van der Waals surface area contributed by atoms with Crippen molar-refractivity contribution in [2.45, 2.75) is 27.1 Å². The normalized spacial score (nSPS) is 16.5. The number of hydrogen-bond acceptors (Lipinski definition) is 9. The van der Waals surface area contributed by atoms with Crippen molar-refractivity contribution in [1.29, 1.82) is 0 Å². The second kappa shape index (κ2) is 11.3. The van der Waals surface area contributed by atoms with Crippen LogP contribution in [0.4, 0.5) is 24.1 Å². The Labute approximate surface area is 216 Å². The highest BCUT2D eigenvalue weighted by atomic mass is 35.5. The molecular weight excluding hydrogens is 541 g/mol. The van der Waals surface area contributed by atoms with Crippen LogP contribution in [0.5, 0.6) is 0 Å². The number of ether oxygens (including phenoxy) is 1. The molecular formula is C21H26ClF3N6O3S2. The van der Waals surface area contributed by atoms with Gasteiger partial charge >= 0.3 is 6.36 Å². The Hall–Kier alpha value is -2.42. The fraction of sp³-hybridized carbons (Fsp3) is 0.476. The number of piperazine rings is 1. The highest BCUT2D eigenvalue weighted by molar-refractivity contribution is 7.93. The van der Waals surface area contributed by atoms with Crippen LogP contribution in [0.3, 0.4) is 0 Å². The molecule has 0 aromatic carbocycles. The Balaban J connectivity index is 1.78. The molecule has 0 spiro atoms. The quantitative estimate of drug-likeness (QED) is 0.248. The van der Waals surface area contributed by atoms with Crippen LogP contribution in [-0.2, 0) is 14.8 Å². The lowest BCUT2D eigenvalue weighted by Gasteiger charge is -2.34. The topological polar surface area (TPSA) is 91.8 Å². The highest BCUT2D eigenvalue weighted by Gasteiger charge is 2.32. The van der Waals surface area contributed by atoms with Crippen molar-refractivity contribution < 1.29 is 26.3 Å². The summed E-state index contributed by atoms with van der Waals surface area (Å²) < 4.78 is 69.1. The van der Waals surface area contributed by atoms with Crippen molar-refractivity contribution in [3.05, 3.63) is 40.8 Å². The number of anilines is 2. The van der Waals surface area contributed by atoms with E-state index in [1.165, 1.54) is 22.6 Å². The van der Waals surface area contributed by atoms with Crippen LogP contribution in [0.25, 0.3) is 10.3 Å². The Morgan fingerprint density at radius 1 is 1.17 bits per heavy atom. The molecule has 1 aliphatic heterocycles. The molecule has 0 aliphatic carbocycles. The first-order chi connectivity index (χ1) is 16.9. The van der Waals surface area contributed by atoms with E-state index in [-0.39, 0.29) is 23.3 Å². The Bertz CT molecular complexity index is 1270. The minimum Gasteiger partial charge on any atom is -0.406 e. The number of nitrogens with zero attached hydrogens (tertiary/aromatic N) is 6. The number of fused-ring (bicyclic) bond motifs is 1. The van der Waals surface area contributed by atoms with Gasteiger partial charge < -0.3 is 14.5 Å². The van der Waals surface area contributed by atoms with Gasteiger partial charge in [-0.25, -0.2) is 8.42 Å². The standard InChI is InChI=1S/C21H26ClF3N6O3S2/c1-5-15(34-21(23,24)25)9-8-14(4)36(32,33)31-12-10-30(11-13-31)18-16-17(26-19(22)28-18)27-20(35-16)29(6-2)7-3/h5,8-9H,1,6-7,10-13H2,2-4H3/b14-8+,15-9+. The molecule has 0 radical (unpaired) electrons. The lowest BCUT2D eigenvalue weighted by atomic mass is 10.3. The van der Waals surface area contributed by atoms with Gasteiger partial charge in [-0.15, -0.1) is 13.2 Å². The number of hydrogen-bond donors (Lipinski definition) is 0. The zero-order chi connectivity index (χ0) is 26.7. The van der Waals surface area contributed by atoms with Gasteiger partial charge in [0.15, 0.2) is 16.6 Å². The third-order valence-electron chi connectivity index (χ3n) is 5.43. The average molecular weight is 567 g/mol. The molecule has 36 heavy (non-hydrogen) atoms. The summed E-state index contributed by atoms with van der Waals surface area (Å²) in [5, 5.41) is 0.852. The van der Waals surface area contributed by atoms with Crippen LogP contribution in [0.15, 0.2) is 35.5 Å². The van der Waals surface area contributed by atoms with Gasteiger partial charge in [-0.3, -0.25) is 0 Å². The molecule has 15 heteroatoms. The number of alkyl halides is 3. The summed E-state index contributed by atoms with van der Waals surface area (Å²) in [6, 6.07) is 0. The molecule has 2 aromatic heterocycles. The van der Waals surface area contributed by atoms with Crippen molar-refractivity contribution in [2.75, 3.05) is 49.1 Å². The summed E-state index contributed by atoms with van der Waals surface area (Å²) in [5.41, 5.74) is 0.483. The van der Waals surface area contributed by atoms with Gasteiger partial charge in [0.25, 0.3) is 0 Å². The molecule has 1 aliphatic rings. The fourth-order valence-electron chi connectivity index (χ4n) is 3.52. The zero-order valence-electron chi connectivity index (χ0n) is 19.9. The van der Waals surface area contributed by atoms with E-state index in [0.29, 0.717) is 24.6 Å². The predicted octanol–water partition coefficient (Wildman–Crippen LogP) is 4.55. The Morgan fingerprint density at radius 2 is 1.81 bits per heavy atom. The second-order valence-corrected chi connectivity index (χ2v) is 11.1. The molecule has 9 nitrogen and oxygen atoms in total. The number of aromatic nitrogens is 3. The van der Waals surface area contributed by atoms with E-state index in [9.17, 15) is 21.6 Å². The molecule has 0 atom stereocenters. The third-order valence-corrected chi connectivity index (χ3v) is 8.70. The average Bonchev–Trinajstić information content (AvgIpc) is 3.24. The van der Waals surface area contributed by atoms with Gasteiger partial charge in [0, 0.05) is 39.3 Å². The van der Waals surface area contributed by atoms with Gasteiger partial charge in [-0.05, 0) is 50.6 Å². The van der Waals surface area contributed by atoms with E-state index in [1.807, 2.05) is 18.7 Å². The Morgan fingerprint density at radius 3 is 2.36 bits per heavy atom. The van der Waals surface area contributed by atoms with Crippen molar-refractivity contribution in [3.8, 4) is 0 Å². The molecule has 2 aromatic rings. The van der Waals surface area contributed by atoms with Gasteiger partial charge in [0.2, 0.25) is 15.3 Å². The lowest BCUT2D eigenvalue weighted by Crippen LogP contribution is -2.49. The minimum atomic E-state index is -4.91. The maximum absolute atomic E-state index is 13.0. The predicted molar refractivity (Wildman–Crippen MR) is 136 cm³/mol. The first kappa shape index (κ1) is 28.2. The maximum Gasteiger partial charge on any atom is 0.573 e. The number of sulfonamides is 1. The molecule has 0 N–H and O–H groups in total. The SMILES string of the molecule is C=C/C(=C\C=C(/C)S(=O)(=O)N1CCN(c2nc(Cl)nc3nc(N(CC)CC)sc23)CC1)OC(F)(F)F. The van der Waals surface area contributed by atoms with Gasteiger partial charge in [0.1, 0.15) is 10.5 Å². The first-order valence-corrected chi connectivity index (χ1v) is 13.6. The van der Waals surface area contributed by atoms with Crippen molar-refractivity contribution in [1.82, 2.24) is 19.3 Å². The molecule has 0 bridgehead atoms.